The third-order valence-electron chi connectivity index (χ3n) is 2.87. The molecule has 0 aliphatic carbocycles. The minimum Gasteiger partial charge on any atom is -0.448 e. The van der Waals surface area contributed by atoms with Crippen LogP contribution in [0.4, 0.5) is 5.69 Å². The Morgan fingerprint density at radius 2 is 2.00 bits per heavy atom. The highest BCUT2D eigenvalue weighted by Crippen LogP contribution is 2.22. The summed E-state index contributed by atoms with van der Waals surface area (Å²) in [6, 6.07) is 6.85. The molecule has 1 atom stereocenters. The number of halogens is 1. The first kappa shape index (κ1) is 16.5. The number of ether oxygens (including phenoxy) is 1. The number of rotatable bonds is 4. The van der Waals surface area contributed by atoms with E-state index in [4.69, 9.17) is 16.3 Å². The number of amides is 1. The molecule has 0 saturated heterocycles. The number of para-hydroxylation sites is 1. The fraction of sp³-hybridized carbons (Fsp3) is 0.267. The predicted octanol–water partition coefficient (Wildman–Crippen LogP) is 3.60. The van der Waals surface area contributed by atoms with E-state index in [1.807, 2.05) is 6.92 Å². The molecule has 0 spiro atoms. The van der Waals surface area contributed by atoms with Gasteiger partial charge in [-0.2, -0.15) is 0 Å². The Morgan fingerprint density at radius 3 is 2.59 bits per heavy atom. The van der Waals surface area contributed by atoms with Gasteiger partial charge in [0.15, 0.2) is 6.10 Å². The lowest BCUT2D eigenvalue weighted by Gasteiger charge is -2.13. The molecule has 0 aliphatic heterocycles. The molecule has 1 amide bonds. The highest BCUT2D eigenvalue weighted by molar-refractivity contribution is 7.13. The molecular formula is C15H15ClN2O3S. The third kappa shape index (κ3) is 3.84. The summed E-state index contributed by atoms with van der Waals surface area (Å²) in [5, 5.41) is 3.82. The average molecular weight is 339 g/mol. The van der Waals surface area contributed by atoms with E-state index >= 15 is 0 Å². The van der Waals surface area contributed by atoms with Gasteiger partial charge < -0.3 is 10.1 Å². The quantitative estimate of drug-likeness (QED) is 0.865. The standard InChI is InChI=1S/C15H15ClN2O3S/c1-8-13(22-10(3)17-8)15(20)21-9(2)14(19)18-12-7-5-4-6-11(12)16/h4-7,9H,1-3H3,(H,18,19)/t9-/m1/s1. The summed E-state index contributed by atoms with van der Waals surface area (Å²) in [7, 11) is 0. The zero-order valence-corrected chi connectivity index (χ0v) is 13.9. The van der Waals surface area contributed by atoms with E-state index in [0.717, 1.165) is 5.01 Å². The zero-order chi connectivity index (χ0) is 16.3. The normalized spacial score (nSPS) is 11.8. The van der Waals surface area contributed by atoms with E-state index in [9.17, 15) is 9.59 Å². The van der Waals surface area contributed by atoms with Gasteiger partial charge in [-0.05, 0) is 32.9 Å². The Labute approximate surface area is 137 Å². The van der Waals surface area contributed by atoms with Gasteiger partial charge in [-0.15, -0.1) is 11.3 Å². The van der Waals surface area contributed by atoms with Gasteiger partial charge in [0, 0.05) is 0 Å². The van der Waals surface area contributed by atoms with Crippen LogP contribution in [0.3, 0.4) is 0 Å². The van der Waals surface area contributed by atoms with Gasteiger partial charge >= 0.3 is 5.97 Å². The zero-order valence-electron chi connectivity index (χ0n) is 12.3. The van der Waals surface area contributed by atoms with Crippen LogP contribution in [-0.2, 0) is 9.53 Å². The lowest BCUT2D eigenvalue weighted by molar-refractivity contribution is -0.123. The van der Waals surface area contributed by atoms with E-state index in [0.29, 0.717) is 21.3 Å². The summed E-state index contributed by atoms with van der Waals surface area (Å²) in [5.41, 5.74) is 1.08. The predicted molar refractivity (Wildman–Crippen MR) is 86.5 cm³/mol. The second kappa shape index (κ2) is 6.89. The average Bonchev–Trinajstić information content (AvgIpc) is 2.80. The van der Waals surface area contributed by atoms with E-state index in [-0.39, 0.29) is 0 Å². The van der Waals surface area contributed by atoms with Crippen LogP contribution >= 0.6 is 22.9 Å². The Hall–Kier alpha value is -1.92. The minimum atomic E-state index is -0.939. The lowest BCUT2D eigenvalue weighted by Crippen LogP contribution is -2.30. The molecule has 0 fully saturated rings. The molecule has 0 bridgehead atoms. The van der Waals surface area contributed by atoms with E-state index in [1.54, 1.807) is 31.2 Å². The monoisotopic (exact) mass is 338 g/mol. The maximum atomic E-state index is 12.1. The summed E-state index contributed by atoms with van der Waals surface area (Å²) in [6.45, 7) is 5.05. The van der Waals surface area contributed by atoms with Gasteiger partial charge in [0.05, 0.1) is 21.4 Å². The molecule has 1 aromatic carbocycles. The molecule has 22 heavy (non-hydrogen) atoms. The number of carbonyl (C=O) groups excluding carboxylic acids is 2. The molecule has 5 nitrogen and oxygen atoms in total. The van der Waals surface area contributed by atoms with Crippen molar-refractivity contribution in [3.05, 3.63) is 44.9 Å². The van der Waals surface area contributed by atoms with Crippen LogP contribution in [0.15, 0.2) is 24.3 Å². The number of esters is 1. The Bertz CT molecular complexity index is 715. The summed E-state index contributed by atoms with van der Waals surface area (Å²) in [6.07, 6.45) is -0.939. The van der Waals surface area contributed by atoms with Crippen LogP contribution in [0.5, 0.6) is 0 Å². The summed E-state index contributed by atoms with van der Waals surface area (Å²) in [5.74, 6) is -0.995. The Balaban J connectivity index is 2.01. The van der Waals surface area contributed by atoms with Crippen LogP contribution < -0.4 is 5.32 Å². The number of aromatic nitrogens is 1. The smallest absolute Gasteiger partial charge is 0.351 e. The van der Waals surface area contributed by atoms with Crippen molar-refractivity contribution in [3.8, 4) is 0 Å². The van der Waals surface area contributed by atoms with Crippen molar-refractivity contribution in [2.24, 2.45) is 0 Å². The Morgan fingerprint density at radius 1 is 1.32 bits per heavy atom. The van der Waals surface area contributed by atoms with Gasteiger partial charge in [0.2, 0.25) is 0 Å². The van der Waals surface area contributed by atoms with Crippen LogP contribution in [0.2, 0.25) is 5.02 Å². The second-order valence-electron chi connectivity index (χ2n) is 4.66. The van der Waals surface area contributed by atoms with Gasteiger partial charge in [0.25, 0.3) is 5.91 Å². The summed E-state index contributed by atoms with van der Waals surface area (Å²) < 4.78 is 5.18. The number of nitrogens with one attached hydrogen (secondary N) is 1. The second-order valence-corrected chi connectivity index (χ2v) is 6.27. The number of carbonyl (C=O) groups is 2. The highest BCUT2D eigenvalue weighted by atomic mass is 35.5. The van der Waals surface area contributed by atoms with Crippen LogP contribution in [0.1, 0.15) is 27.3 Å². The van der Waals surface area contributed by atoms with Gasteiger partial charge in [-0.25, -0.2) is 9.78 Å². The Kier molecular flexibility index (Phi) is 5.15. The summed E-state index contributed by atoms with van der Waals surface area (Å²) in [4.78, 5) is 28.7. The number of nitrogens with zero attached hydrogens (tertiary/aromatic N) is 1. The van der Waals surface area contributed by atoms with Gasteiger partial charge in [-0.3, -0.25) is 4.79 Å². The lowest BCUT2D eigenvalue weighted by atomic mass is 10.3. The highest BCUT2D eigenvalue weighted by Gasteiger charge is 2.22. The number of thiazole rings is 1. The molecule has 0 radical (unpaired) electrons. The van der Waals surface area contributed by atoms with Crippen LogP contribution in [0, 0.1) is 13.8 Å². The maximum Gasteiger partial charge on any atom is 0.351 e. The molecule has 2 rings (SSSR count). The topological polar surface area (TPSA) is 68.3 Å². The molecule has 1 aromatic heterocycles. The third-order valence-corrected chi connectivity index (χ3v) is 4.26. The molecule has 0 saturated carbocycles. The number of benzene rings is 1. The molecule has 0 unspecified atom stereocenters. The van der Waals surface area contributed by atoms with E-state index in [1.165, 1.54) is 18.3 Å². The van der Waals surface area contributed by atoms with Crippen molar-refractivity contribution in [1.82, 2.24) is 4.98 Å². The number of anilines is 1. The molecule has 7 heteroatoms. The molecule has 116 valence electrons. The fourth-order valence-corrected chi connectivity index (χ4v) is 2.77. The maximum absolute atomic E-state index is 12.1. The minimum absolute atomic E-state index is 0.412. The van der Waals surface area contributed by atoms with Crippen molar-refractivity contribution in [3.63, 3.8) is 0 Å². The molecule has 1 heterocycles. The SMILES string of the molecule is Cc1nc(C)c(C(=O)O[C@H](C)C(=O)Nc2ccccc2Cl)s1. The summed E-state index contributed by atoms with van der Waals surface area (Å²) >= 11 is 7.21. The van der Waals surface area contributed by atoms with Crippen molar-refractivity contribution in [2.45, 2.75) is 26.9 Å². The number of hydrogen-bond acceptors (Lipinski definition) is 5. The number of hydrogen-bond donors (Lipinski definition) is 1. The van der Waals surface area contributed by atoms with Crippen LogP contribution in [0.25, 0.3) is 0 Å². The van der Waals surface area contributed by atoms with Crippen molar-refractivity contribution in [2.75, 3.05) is 5.32 Å². The molecule has 2 aromatic rings. The molecule has 0 aliphatic rings. The van der Waals surface area contributed by atoms with Crippen molar-refractivity contribution >= 4 is 40.5 Å². The van der Waals surface area contributed by atoms with E-state index in [2.05, 4.69) is 10.3 Å². The van der Waals surface area contributed by atoms with Gasteiger partial charge in [-0.1, -0.05) is 23.7 Å². The first-order valence-electron chi connectivity index (χ1n) is 6.59. The number of aryl methyl sites for hydroxylation is 2. The van der Waals surface area contributed by atoms with E-state index < -0.39 is 18.0 Å². The largest absolute Gasteiger partial charge is 0.448 e. The molecular weight excluding hydrogens is 324 g/mol. The fourth-order valence-electron chi connectivity index (χ4n) is 1.79. The van der Waals surface area contributed by atoms with Crippen LogP contribution in [-0.4, -0.2) is 23.0 Å². The van der Waals surface area contributed by atoms with Crippen molar-refractivity contribution in [1.29, 1.82) is 0 Å². The molecule has 1 N–H and O–H groups in total. The first-order valence-corrected chi connectivity index (χ1v) is 7.78. The first-order chi connectivity index (χ1) is 10.4. The van der Waals surface area contributed by atoms with Crippen molar-refractivity contribution < 1.29 is 14.3 Å². The van der Waals surface area contributed by atoms with Gasteiger partial charge in [0.1, 0.15) is 4.88 Å².